The van der Waals surface area contributed by atoms with Crippen LogP contribution in [0.3, 0.4) is 0 Å². The summed E-state index contributed by atoms with van der Waals surface area (Å²) in [4.78, 5) is 25.4. The molecule has 0 radical (unpaired) electrons. The molecule has 1 aromatic carbocycles. The van der Waals surface area contributed by atoms with E-state index in [9.17, 15) is 28.2 Å². The number of rotatable bonds is 5. The summed E-state index contributed by atoms with van der Waals surface area (Å²) in [6.45, 7) is 5.12. The molecule has 3 saturated carbocycles. The molecule has 6 unspecified atom stereocenters. The first-order chi connectivity index (χ1) is 16.8. The fourth-order valence-corrected chi connectivity index (χ4v) is 9.04. The number of carbonyl (C=O) groups is 2. The van der Waals surface area contributed by atoms with E-state index < -0.39 is 39.6 Å². The average Bonchev–Trinajstić information content (AvgIpc) is 3.09. The Morgan fingerprint density at radius 1 is 1.11 bits per heavy atom. The molecule has 0 saturated heterocycles. The molecule has 0 spiro atoms. The minimum Gasteiger partial charge on any atom is -0.393 e. The van der Waals surface area contributed by atoms with Crippen LogP contribution in [-0.4, -0.2) is 48.5 Å². The highest BCUT2D eigenvalue weighted by molar-refractivity contribution is 7.86. The van der Waals surface area contributed by atoms with Crippen LogP contribution in [0.25, 0.3) is 0 Å². The second kappa shape index (κ2) is 8.58. The van der Waals surface area contributed by atoms with Crippen molar-refractivity contribution >= 4 is 21.7 Å². The lowest BCUT2D eigenvalue weighted by Gasteiger charge is -2.60. The highest BCUT2D eigenvalue weighted by Crippen LogP contribution is 2.67. The third kappa shape index (κ3) is 3.75. The van der Waals surface area contributed by atoms with E-state index in [1.165, 1.54) is 12.1 Å². The molecule has 0 aromatic heterocycles. The van der Waals surface area contributed by atoms with Gasteiger partial charge in [-0.3, -0.25) is 13.8 Å². The van der Waals surface area contributed by atoms with Gasteiger partial charge in [-0.1, -0.05) is 37.1 Å². The van der Waals surface area contributed by atoms with Crippen LogP contribution in [0, 0.1) is 35.5 Å². The number of benzene rings is 1. The van der Waals surface area contributed by atoms with E-state index in [1.54, 1.807) is 18.2 Å². The summed E-state index contributed by atoms with van der Waals surface area (Å²) in [6, 6.07) is 6.17. The van der Waals surface area contributed by atoms with E-state index in [2.05, 4.69) is 6.92 Å². The molecule has 0 bridgehead atoms. The Balaban J connectivity index is 1.37. The summed E-state index contributed by atoms with van der Waals surface area (Å²) in [5.41, 5.74) is -0.887. The van der Waals surface area contributed by atoms with Gasteiger partial charge in [0.05, 0.1) is 11.0 Å². The highest BCUT2D eigenvalue weighted by Gasteiger charge is 2.68. The second-order valence-electron chi connectivity index (χ2n) is 11.9. The molecular formula is C28H36O7S. The lowest BCUT2D eigenvalue weighted by molar-refractivity contribution is -0.181. The van der Waals surface area contributed by atoms with Gasteiger partial charge in [0.2, 0.25) is 0 Å². The summed E-state index contributed by atoms with van der Waals surface area (Å²) >= 11 is 0. The van der Waals surface area contributed by atoms with E-state index in [4.69, 9.17) is 4.18 Å². The van der Waals surface area contributed by atoms with Crippen molar-refractivity contribution in [2.75, 3.05) is 6.61 Å². The van der Waals surface area contributed by atoms with Crippen LogP contribution in [0.2, 0.25) is 0 Å². The van der Waals surface area contributed by atoms with Crippen molar-refractivity contribution < 1.29 is 32.4 Å². The molecule has 7 nitrogen and oxygen atoms in total. The number of carbonyl (C=O) groups excluding carboxylic acids is 2. The first-order valence-electron chi connectivity index (χ1n) is 13.0. The Hall–Kier alpha value is -1.87. The molecule has 5 rings (SSSR count). The molecule has 36 heavy (non-hydrogen) atoms. The minimum absolute atomic E-state index is 0.0181. The summed E-state index contributed by atoms with van der Waals surface area (Å²) < 4.78 is 30.4. The summed E-state index contributed by atoms with van der Waals surface area (Å²) in [5, 5.41) is 23.2. The maximum atomic E-state index is 13.4. The van der Waals surface area contributed by atoms with Gasteiger partial charge in [0.25, 0.3) is 10.1 Å². The van der Waals surface area contributed by atoms with Gasteiger partial charge >= 0.3 is 0 Å². The summed E-state index contributed by atoms with van der Waals surface area (Å²) in [6.07, 6.45) is 4.93. The molecule has 3 fully saturated rings. The van der Waals surface area contributed by atoms with E-state index in [-0.39, 0.29) is 46.7 Å². The zero-order chi connectivity index (χ0) is 26.1. The van der Waals surface area contributed by atoms with Crippen LogP contribution >= 0.6 is 0 Å². The van der Waals surface area contributed by atoms with Gasteiger partial charge in [0.15, 0.2) is 11.6 Å². The monoisotopic (exact) mass is 516 g/mol. The highest BCUT2D eigenvalue weighted by atomic mass is 32.2. The van der Waals surface area contributed by atoms with Gasteiger partial charge < -0.3 is 10.2 Å². The van der Waals surface area contributed by atoms with Gasteiger partial charge in [-0.15, -0.1) is 0 Å². The Kier molecular flexibility index (Phi) is 6.14. The Morgan fingerprint density at radius 3 is 2.50 bits per heavy atom. The van der Waals surface area contributed by atoms with Crippen LogP contribution in [0.4, 0.5) is 0 Å². The van der Waals surface area contributed by atoms with Crippen molar-refractivity contribution in [2.45, 2.75) is 82.3 Å². The van der Waals surface area contributed by atoms with Crippen molar-refractivity contribution in [2.24, 2.45) is 28.6 Å². The summed E-state index contributed by atoms with van der Waals surface area (Å²) in [5.74, 6) is -0.394. The Labute approximate surface area is 213 Å². The average molecular weight is 517 g/mol. The minimum atomic E-state index is -4.15. The largest absolute Gasteiger partial charge is 0.393 e. The first-order valence-corrected chi connectivity index (χ1v) is 14.4. The standard InChI is InChI=1S/C28H36O7S/c1-17-4-7-20(8-5-17)36(33,34)35-16-24(31)28(32)13-11-22-21-9-6-18-14-19(29)10-12-26(18,2)25(21)23(30)15-27(22,28)3/h4-5,7-8,14,21-23,25,30,32H,6,9-13,15-16H2,1-3H3/t21?,22?,23?,25?,26?,27?,28-/m0/s1. The fourth-order valence-electron chi connectivity index (χ4n) is 8.17. The molecule has 4 aliphatic carbocycles. The molecule has 0 aliphatic heterocycles. The van der Waals surface area contributed by atoms with E-state index in [0.29, 0.717) is 19.3 Å². The van der Waals surface area contributed by atoms with Crippen LogP contribution in [0.5, 0.6) is 0 Å². The first kappa shape index (κ1) is 25.8. The summed E-state index contributed by atoms with van der Waals surface area (Å²) in [7, 11) is -4.15. The van der Waals surface area contributed by atoms with E-state index in [0.717, 1.165) is 24.0 Å². The number of ketones is 2. The number of aryl methyl sites for hydroxylation is 1. The maximum absolute atomic E-state index is 13.4. The topological polar surface area (TPSA) is 118 Å². The third-order valence-electron chi connectivity index (χ3n) is 10.2. The van der Waals surface area contributed by atoms with Crippen LogP contribution in [-0.2, 0) is 23.9 Å². The Morgan fingerprint density at radius 2 is 1.81 bits per heavy atom. The maximum Gasteiger partial charge on any atom is 0.297 e. The van der Waals surface area contributed by atoms with Gasteiger partial charge in [-0.2, -0.15) is 8.42 Å². The number of allylic oxidation sites excluding steroid dienone is 1. The normalized spacial score (nSPS) is 40.1. The molecule has 8 heteroatoms. The lowest BCUT2D eigenvalue weighted by atomic mass is 9.45. The van der Waals surface area contributed by atoms with Crippen molar-refractivity contribution in [3.63, 3.8) is 0 Å². The van der Waals surface area contributed by atoms with Gasteiger partial charge in [0, 0.05) is 11.8 Å². The number of hydrogen-bond donors (Lipinski definition) is 2. The van der Waals surface area contributed by atoms with Crippen LogP contribution in [0.15, 0.2) is 40.8 Å². The zero-order valence-electron chi connectivity index (χ0n) is 21.2. The number of Topliss-reactive ketones (excluding diaryl/α,β-unsaturated/α-hetero) is 1. The second-order valence-corrected chi connectivity index (χ2v) is 13.5. The molecule has 0 heterocycles. The molecule has 2 N–H and O–H groups in total. The van der Waals surface area contributed by atoms with E-state index >= 15 is 0 Å². The predicted molar refractivity (Wildman–Crippen MR) is 132 cm³/mol. The molecule has 1 aromatic rings. The number of fused-ring (bicyclic) bond motifs is 5. The number of aliphatic hydroxyl groups excluding tert-OH is 1. The molecule has 0 amide bonds. The fraction of sp³-hybridized carbons (Fsp3) is 0.643. The van der Waals surface area contributed by atoms with Crippen LogP contribution in [0.1, 0.15) is 64.4 Å². The Bertz CT molecular complexity index is 1220. The van der Waals surface area contributed by atoms with Gasteiger partial charge in [-0.25, -0.2) is 0 Å². The van der Waals surface area contributed by atoms with Gasteiger partial charge in [0.1, 0.15) is 12.2 Å². The quantitative estimate of drug-likeness (QED) is 0.575. The van der Waals surface area contributed by atoms with Crippen molar-refractivity contribution in [1.29, 1.82) is 0 Å². The lowest BCUT2D eigenvalue weighted by Crippen LogP contribution is -2.62. The molecule has 4 aliphatic rings. The third-order valence-corrected chi connectivity index (χ3v) is 11.4. The van der Waals surface area contributed by atoms with Crippen molar-refractivity contribution in [3.8, 4) is 0 Å². The zero-order valence-corrected chi connectivity index (χ0v) is 22.0. The number of aliphatic hydroxyl groups is 2. The molecule has 7 atom stereocenters. The van der Waals surface area contributed by atoms with Gasteiger partial charge in [-0.05, 0) is 86.8 Å². The van der Waals surface area contributed by atoms with E-state index in [1.807, 2.05) is 13.8 Å². The predicted octanol–water partition coefficient (Wildman–Crippen LogP) is 3.50. The SMILES string of the molecule is Cc1ccc(S(=O)(=O)OCC(=O)[C@@]2(O)CCC3C4CCC5=CC(=O)CCC5(C)C4C(O)CC32C)cc1. The smallest absolute Gasteiger partial charge is 0.297 e. The van der Waals surface area contributed by atoms with Crippen molar-refractivity contribution in [3.05, 3.63) is 41.5 Å². The molecule has 196 valence electrons. The number of hydrogen-bond acceptors (Lipinski definition) is 7. The molecular weight excluding hydrogens is 480 g/mol. The van der Waals surface area contributed by atoms with Crippen molar-refractivity contribution in [1.82, 2.24) is 0 Å². The van der Waals surface area contributed by atoms with Crippen LogP contribution < -0.4 is 0 Å².